The number of azo groups is 1. The molecule has 3 aromatic carbocycles. The van der Waals surface area contributed by atoms with Crippen LogP contribution in [0.2, 0.25) is 0 Å². The molecule has 3 rings (SSSR count). The highest BCUT2D eigenvalue weighted by Crippen LogP contribution is 2.22. The molecule has 0 spiro atoms. The minimum Gasteiger partial charge on any atom is -0.356 e. The van der Waals surface area contributed by atoms with E-state index in [1.54, 1.807) is 7.11 Å². The van der Waals surface area contributed by atoms with Crippen LogP contribution in [0.1, 0.15) is 37.8 Å². The molecule has 0 saturated heterocycles. The number of rotatable bonds is 9. The van der Waals surface area contributed by atoms with Crippen molar-refractivity contribution in [1.82, 2.24) is 0 Å². The van der Waals surface area contributed by atoms with Crippen molar-refractivity contribution in [2.45, 2.75) is 51.3 Å². The molecule has 0 aromatic heterocycles. The minimum absolute atomic E-state index is 0.165. The Morgan fingerprint density at radius 3 is 2.32 bits per heavy atom. The fourth-order valence-electron chi connectivity index (χ4n) is 3.26. The lowest BCUT2D eigenvalue weighted by atomic mass is 10.0. The van der Waals surface area contributed by atoms with Gasteiger partial charge in [0.2, 0.25) is 0 Å². The molecule has 0 aliphatic rings. The Bertz CT molecular complexity index is 907. The topological polar surface area (TPSA) is 34.0 Å². The van der Waals surface area contributed by atoms with Gasteiger partial charge in [-0.25, -0.2) is 0 Å². The van der Waals surface area contributed by atoms with E-state index in [1.807, 2.05) is 13.0 Å². The molecule has 0 amide bonds. The lowest BCUT2D eigenvalue weighted by molar-refractivity contribution is -0.000551. The number of benzene rings is 3. The van der Waals surface area contributed by atoms with Gasteiger partial charge in [-0.3, -0.25) is 0 Å². The second-order valence-electron chi connectivity index (χ2n) is 7.65. The predicted molar refractivity (Wildman–Crippen MR) is 117 cm³/mol. The Morgan fingerprint density at radius 1 is 0.857 bits per heavy atom. The third kappa shape index (κ3) is 5.74. The van der Waals surface area contributed by atoms with Crippen LogP contribution in [0.4, 0.5) is 0 Å². The van der Waals surface area contributed by atoms with E-state index in [9.17, 15) is 0 Å². The van der Waals surface area contributed by atoms with E-state index in [2.05, 4.69) is 83.9 Å². The fraction of sp³-hybridized carbons (Fsp3) is 0.360. The standard InChI is InChI=1S/C25H30N2O/c1-20(13-14-22-15-16-23-11-7-8-12-24(23)19-22)26-27-25(2,28-3)18-17-21-9-5-4-6-10-21/h4-12,15-16,19-20H,13-14,17-18H2,1-3H3. The third-order valence-electron chi connectivity index (χ3n) is 5.29. The lowest BCUT2D eigenvalue weighted by Gasteiger charge is -2.22. The van der Waals surface area contributed by atoms with Crippen molar-refractivity contribution in [2.75, 3.05) is 7.11 Å². The number of hydrogen-bond donors (Lipinski definition) is 0. The van der Waals surface area contributed by atoms with E-state index < -0.39 is 5.72 Å². The maximum Gasteiger partial charge on any atom is 0.176 e. The van der Waals surface area contributed by atoms with Crippen molar-refractivity contribution in [3.05, 3.63) is 83.9 Å². The van der Waals surface area contributed by atoms with Crippen LogP contribution in [0.3, 0.4) is 0 Å². The largest absolute Gasteiger partial charge is 0.356 e. The molecule has 0 N–H and O–H groups in total. The van der Waals surface area contributed by atoms with E-state index in [0.717, 1.165) is 25.7 Å². The molecule has 0 fully saturated rings. The zero-order valence-electron chi connectivity index (χ0n) is 17.1. The van der Waals surface area contributed by atoms with Crippen LogP contribution in [0.5, 0.6) is 0 Å². The summed E-state index contributed by atoms with van der Waals surface area (Å²) in [6.07, 6.45) is 3.71. The predicted octanol–water partition coefficient (Wildman–Crippen LogP) is 6.61. The van der Waals surface area contributed by atoms with Gasteiger partial charge in [-0.2, -0.15) is 10.2 Å². The van der Waals surface area contributed by atoms with Crippen molar-refractivity contribution in [2.24, 2.45) is 10.2 Å². The van der Waals surface area contributed by atoms with E-state index in [-0.39, 0.29) is 6.04 Å². The highest BCUT2D eigenvalue weighted by molar-refractivity contribution is 5.82. The number of fused-ring (bicyclic) bond motifs is 1. The molecule has 0 aliphatic heterocycles. The molecule has 0 radical (unpaired) electrons. The molecule has 146 valence electrons. The summed E-state index contributed by atoms with van der Waals surface area (Å²) >= 11 is 0. The summed E-state index contributed by atoms with van der Waals surface area (Å²) in [5.74, 6) is 0. The van der Waals surface area contributed by atoms with E-state index >= 15 is 0 Å². The van der Waals surface area contributed by atoms with Gasteiger partial charge in [0, 0.05) is 13.5 Å². The van der Waals surface area contributed by atoms with Crippen LogP contribution in [0.15, 0.2) is 83.0 Å². The van der Waals surface area contributed by atoms with Gasteiger partial charge < -0.3 is 4.74 Å². The Hall–Kier alpha value is -2.52. The third-order valence-corrected chi connectivity index (χ3v) is 5.29. The summed E-state index contributed by atoms with van der Waals surface area (Å²) in [6, 6.07) is 25.8. The van der Waals surface area contributed by atoms with Crippen molar-refractivity contribution >= 4 is 10.8 Å². The average Bonchev–Trinajstić information content (AvgIpc) is 2.75. The summed E-state index contributed by atoms with van der Waals surface area (Å²) in [5, 5.41) is 11.7. The van der Waals surface area contributed by atoms with Gasteiger partial charge in [0.15, 0.2) is 5.72 Å². The maximum atomic E-state index is 5.66. The van der Waals surface area contributed by atoms with E-state index in [1.165, 1.54) is 21.9 Å². The van der Waals surface area contributed by atoms with Crippen molar-refractivity contribution in [1.29, 1.82) is 0 Å². The molecule has 2 unspecified atom stereocenters. The van der Waals surface area contributed by atoms with Crippen LogP contribution in [-0.4, -0.2) is 18.9 Å². The van der Waals surface area contributed by atoms with Gasteiger partial charge in [0.05, 0.1) is 6.04 Å². The Kier molecular flexibility index (Phi) is 6.94. The highest BCUT2D eigenvalue weighted by Gasteiger charge is 2.23. The number of ether oxygens (including phenoxy) is 1. The monoisotopic (exact) mass is 374 g/mol. The van der Waals surface area contributed by atoms with Gasteiger partial charge in [0.25, 0.3) is 0 Å². The van der Waals surface area contributed by atoms with Gasteiger partial charge in [-0.1, -0.05) is 72.8 Å². The normalized spacial score (nSPS) is 15.0. The Balaban J connectivity index is 1.53. The lowest BCUT2D eigenvalue weighted by Crippen LogP contribution is -2.25. The second-order valence-corrected chi connectivity index (χ2v) is 7.65. The molecule has 28 heavy (non-hydrogen) atoms. The van der Waals surface area contributed by atoms with Crippen LogP contribution in [-0.2, 0) is 17.6 Å². The molecule has 0 heterocycles. The molecule has 0 bridgehead atoms. The zero-order chi connectivity index (χ0) is 19.8. The Morgan fingerprint density at radius 2 is 1.57 bits per heavy atom. The first-order chi connectivity index (χ1) is 13.6. The summed E-state index contributed by atoms with van der Waals surface area (Å²) in [5.41, 5.74) is 2.07. The first kappa shape index (κ1) is 20.2. The number of methoxy groups -OCH3 is 1. The summed E-state index contributed by atoms with van der Waals surface area (Å²) in [4.78, 5) is 0. The SMILES string of the molecule is COC(C)(CCc1ccccc1)N=NC(C)CCc1ccc2ccccc2c1. The van der Waals surface area contributed by atoms with E-state index in [4.69, 9.17) is 4.74 Å². The summed E-state index contributed by atoms with van der Waals surface area (Å²) < 4.78 is 5.66. The molecule has 0 saturated carbocycles. The number of hydrogen-bond acceptors (Lipinski definition) is 3. The van der Waals surface area contributed by atoms with Gasteiger partial charge in [-0.15, -0.1) is 0 Å². The molecular weight excluding hydrogens is 344 g/mol. The smallest absolute Gasteiger partial charge is 0.176 e. The first-order valence-corrected chi connectivity index (χ1v) is 10.1. The van der Waals surface area contributed by atoms with Crippen molar-refractivity contribution in [3.63, 3.8) is 0 Å². The molecule has 3 nitrogen and oxygen atoms in total. The van der Waals surface area contributed by atoms with Crippen molar-refractivity contribution in [3.8, 4) is 0 Å². The molecule has 0 aliphatic carbocycles. The van der Waals surface area contributed by atoms with Gasteiger partial charge in [0.1, 0.15) is 0 Å². The van der Waals surface area contributed by atoms with Crippen LogP contribution in [0, 0.1) is 0 Å². The Labute approximate surface area is 168 Å². The fourth-order valence-corrected chi connectivity index (χ4v) is 3.26. The average molecular weight is 375 g/mol. The van der Waals surface area contributed by atoms with E-state index in [0.29, 0.717) is 0 Å². The highest BCUT2D eigenvalue weighted by atomic mass is 16.5. The first-order valence-electron chi connectivity index (χ1n) is 10.1. The minimum atomic E-state index is -0.576. The maximum absolute atomic E-state index is 5.66. The van der Waals surface area contributed by atoms with Crippen LogP contribution in [0.25, 0.3) is 10.8 Å². The van der Waals surface area contributed by atoms with Gasteiger partial charge in [-0.05, 0) is 55.0 Å². The molecule has 2 atom stereocenters. The molecule has 3 heteroatoms. The number of aryl methyl sites for hydroxylation is 2. The summed E-state index contributed by atoms with van der Waals surface area (Å²) in [6.45, 7) is 4.13. The van der Waals surface area contributed by atoms with Crippen LogP contribution < -0.4 is 0 Å². The van der Waals surface area contributed by atoms with Gasteiger partial charge >= 0.3 is 0 Å². The van der Waals surface area contributed by atoms with Crippen molar-refractivity contribution < 1.29 is 4.74 Å². The molecular formula is C25H30N2O. The number of nitrogens with zero attached hydrogens (tertiary/aromatic N) is 2. The summed E-state index contributed by atoms with van der Waals surface area (Å²) in [7, 11) is 1.71. The second kappa shape index (κ2) is 9.61. The quantitative estimate of drug-likeness (QED) is 0.388. The zero-order valence-corrected chi connectivity index (χ0v) is 17.1. The molecule has 3 aromatic rings. The van der Waals surface area contributed by atoms with Crippen LogP contribution >= 0.6 is 0 Å².